The molecule has 2 atom stereocenters. The van der Waals surface area contributed by atoms with Gasteiger partial charge in [-0.3, -0.25) is 9.78 Å². The smallest absolute Gasteiger partial charge is 0.253 e. The third-order valence-corrected chi connectivity index (χ3v) is 3.86. The van der Waals surface area contributed by atoms with Crippen molar-refractivity contribution in [2.45, 2.75) is 45.6 Å². The number of nitrogens with one attached hydrogen (secondary N) is 1. The number of rotatable bonds is 3. The van der Waals surface area contributed by atoms with E-state index in [1.165, 1.54) is 0 Å². The maximum absolute atomic E-state index is 12.1. The van der Waals surface area contributed by atoms with E-state index in [1.807, 2.05) is 26.0 Å². The van der Waals surface area contributed by atoms with E-state index in [0.29, 0.717) is 12.1 Å². The first-order valence-corrected chi connectivity index (χ1v) is 6.98. The molecular weight excluding hydrogens is 240 g/mol. The highest BCUT2D eigenvalue weighted by Crippen LogP contribution is 2.23. The van der Waals surface area contributed by atoms with Crippen LogP contribution in [0, 0.1) is 19.8 Å². The Morgan fingerprint density at radius 2 is 2.11 bits per heavy atom. The van der Waals surface area contributed by atoms with Gasteiger partial charge in [-0.2, -0.15) is 0 Å². The number of hydrogen-bond donors (Lipinski definition) is 2. The molecule has 4 nitrogen and oxygen atoms in total. The summed E-state index contributed by atoms with van der Waals surface area (Å²) in [6, 6.07) is 3.65. The van der Waals surface area contributed by atoms with Crippen LogP contribution in [-0.2, 0) is 0 Å². The van der Waals surface area contributed by atoms with Crippen molar-refractivity contribution in [2.75, 3.05) is 6.54 Å². The average molecular weight is 262 g/mol. The van der Waals surface area contributed by atoms with Gasteiger partial charge in [-0.05, 0) is 38.8 Å². The predicted octanol–water partition coefficient (Wildman–Crippen LogP) is 1.98. The van der Waals surface area contributed by atoms with Crippen molar-refractivity contribution < 1.29 is 9.90 Å². The van der Waals surface area contributed by atoms with Gasteiger partial charge >= 0.3 is 0 Å². The zero-order valence-electron chi connectivity index (χ0n) is 11.6. The molecule has 4 heteroatoms. The van der Waals surface area contributed by atoms with Crippen LogP contribution < -0.4 is 5.32 Å². The average Bonchev–Trinajstić information content (AvgIpc) is 2.37. The van der Waals surface area contributed by atoms with Gasteiger partial charge in [0, 0.05) is 18.2 Å². The van der Waals surface area contributed by atoms with Gasteiger partial charge in [0.1, 0.15) is 0 Å². The minimum absolute atomic E-state index is 0.0947. The second-order valence-corrected chi connectivity index (χ2v) is 5.41. The topological polar surface area (TPSA) is 62.2 Å². The maximum atomic E-state index is 12.1. The first kappa shape index (κ1) is 14.0. The van der Waals surface area contributed by atoms with Gasteiger partial charge < -0.3 is 10.4 Å². The normalized spacial score (nSPS) is 23.1. The van der Waals surface area contributed by atoms with Crippen LogP contribution in [0.25, 0.3) is 0 Å². The van der Waals surface area contributed by atoms with Crippen LogP contribution in [0.15, 0.2) is 12.1 Å². The largest absolute Gasteiger partial charge is 0.393 e. The predicted molar refractivity (Wildman–Crippen MR) is 74.0 cm³/mol. The van der Waals surface area contributed by atoms with Crippen LogP contribution in [0.3, 0.4) is 0 Å². The maximum Gasteiger partial charge on any atom is 0.253 e. The fraction of sp³-hybridized carbons (Fsp3) is 0.600. The molecule has 0 spiro atoms. The lowest BCUT2D eigenvalue weighted by atomic mass is 9.86. The van der Waals surface area contributed by atoms with Gasteiger partial charge in [0.05, 0.1) is 17.4 Å². The van der Waals surface area contributed by atoms with Crippen molar-refractivity contribution >= 4 is 5.91 Å². The van der Waals surface area contributed by atoms with Gasteiger partial charge in [0.25, 0.3) is 5.91 Å². The van der Waals surface area contributed by atoms with E-state index < -0.39 is 0 Å². The Bertz CT molecular complexity index is 459. The highest BCUT2D eigenvalue weighted by molar-refractivity contribution is 5.95. The van der Waals surface area contributed by atoms with E-state index in [4.69, 9.17) is 0 Å². The Labute approximate surface area is 114 Å². The molecule has 1 saturated carbocycles. The number of carbonyl (C=O) groups is 1. The molecule has 104 valence electrons. The minimum Gasteiger partial charge on any atom is -0.393 e. The van der Waals surface area contributed by atoms with Crippen LogP contribution in [0.1, 0.15) is 47.4 Å². The molecule has 1 amide bonds. The monoisotopic (exact) mass is 262 g/mol. The standard InChI is InChI=1S/C15H22N2O2/c1-10-7-8-13(11(2)17-10)15(19)16-9-12-5-3-4-6-14(12)18/h7-8,12,14,18H,3-6,9H2,1-2H3,(H,16,19). The lowest BCUT2D eigenvalue weighted by Gasteiger charge is -2.27. The highest BCUT2D eigenvalue weighted by atomic mass is 16.3. The van der Waals surface area contributed by atoms with Crippen LogP contribution in [-0.4, -0.2) is 28.6 Å². The van der Waals surface area contributed by atoms with E-state index in [9.17, 15) is 9.90 Å². The Morgan fingerprint density at radius 1 is 1.37 bits per heavy atom. The highest BCUT2D eigenvalue weighted by Gasteiger charge is 2.23. The van der Waals surface area contributed by atoms with E-state index in [2.05, 4.69) is 10.3 Å². The molecule has 0 saturated heterocycles. The van der Waals surface area contributed by atoms with E-state index in [1.54, 1.807) is 0 Å². The molecule has 1 aliphatic rings. The summed E-state index contributed by atoms with van der Waals surface area (Å²) in [5, 5.41) is 12.8. The van der Waals surface area contributed by atoms with Gasteiger partial charge in [-0.15, -0.1) is 0 Å². The van der Waals surface area contributed by atoms with Gasteiger partial charge in [0.15, 0.2) is 0 Å². The molecule has 0 radical (unpaired) electrons. The van der Waals surface area contributed by atoms with Crippen LogP contribution >= 0.6 is 0 Å². The number of hydrogen-bond acceptors (Lipinski definition) is 3. The zero-order chi connectivity index (χ0) is 13.8. The fourth-order valence-corrected chi connectivity index (χ4v) is 2.67. The van der Waals surface area contributed by atoms with Crippen molar-refractivity contribution in [3.63, 3.8) is 0 Å². The molecule has 2 unspecified atom stereocenters. The van der Waals surface area contributed by atoms with Gasteiger partial charge in [0.2, 0.25) is 0 Å². The second-order valence-electron chi connectivity index (χ2n) is 5.41. The number of aryl methyl sites for hydroxylation is 2. The molecule has 1 fully saturated rings. The molecule has 0 aromatic carbocycles. The lowest BCUT2D eigenvalue weighted by Crippen LogP contribution is -2.37. The van der Waals surface area contributed by atoms with Gasteiger partial charge in [-0.25, -0.2) is 0 Å². The number of nitrogens with zero attached hydrogens (tertiary/aromatic N) is 1. The molecule has 0 bridgehead atoms. The quantitative estimate of drug-likeness (QED) is 0.875. The number of carbonyl (C=O) groups excluding carboxylic acids is 1. The van der Waals surface area contributed by atoms with Crippen LogP contribution in [0.2, 0.25) is 0 Å². The third-order valence-electron chi connectivity index (χ3n) is 3.86. The number of amides is 1. The number of aliphatic hydroxyl groups is 1. The third kappa shape index (κ3) is 3.53. The van der Waals surface area contributed by atoms with Crippen molar-refractivity contribution in [3.05, 3.63) is 29.1 Å². The van der Waals surface area contributed by atoms with Crippen LogP contribution in [0.5, 0.6) is 0 Å². The summed E-state index contributed by atoms with van der Waals surface area (Å²) in [6.45, 7) is 4.30. The summed E-state index contributed by atoms with van der Waals surface area (Å²) in [5.41, 5.74) is 2.29. The summed E-state index contributed by atoms with van der Waals surface area (Å²) in [5.74, 6) is 0.0965. The molecule has 1 aromatic rings. The zero-order valence-corrected chi connectivity index (χ0v) is 11.6. The summed E-state index contributed by atoms with van der Waals surface area (Å²) in [6.07, 6.45) is 3.80. The molecule has 1 heterocycles. The first-order valence-electron chi connectivity index (χ1n) is 6.98. The fourth-order valence-electron chi connectivity index (χ4n) is 2.67. The summed E-state index contributed by atoms with van der Waals surface area (Å²) >= 11 is 0. The van der Waals surface area contributed by atoms with Crippen molar-refractivity contribution in [3.8, 4) is 0 Å². The summed E-state index contributed by atoms with van der Waals surface area (Å²) in [4.78, 5) is 16.4. The van der Waals surface area contributed by atoms with E-state index in [-0.39, 0.29) is 17.9 Å². The SMILES string of the molecule is Cc1ccc(C(=O)NCC2CCCCC2O)c(C)n1. The number of aromatic nitrogens is 1. The lowest BCUT2D eigenvalue weighted by molar-refractivity contribution is 0.0662. The van der Waals surface area contributed by atoms with Crippen molar-refractivity contribution in [1.82, 2.24) is 10.3 Å². The molecule has 2 rings (SSSR count). The Kier molecular flexibility index (Phi) is 4.53. The Hall–Kier alpha value is -1.42. The first-order chi connectivity index (χ1) is 9.08. The summed E-state index contributed by atoms with van der Waals surface area (Å²) < 4.78 is 0. The number of pyridine rings is 1. The minimum atomic E-state index is -0.272. The molecule has 19 heavy (non-hydrogen) atoms. The molecule has 1 aliphatic carbocycles. The van der Waals surface area contributed by atoms with Gasteiger partial charge in [-0.1, -0.05) is 12.8 Å². The van der Waals surface area contributed by atoms with Crippen molar-refractivity contribution in [2.24, 2.45) is 5.92 Å². The van der Waals surface area contributed by atoms with E-state index in [0.717, 1.165) is 37.1 Å². The molecular formula is C15H22N2O2. The molecule has 1 aromatic heterocycles. The summed E-state index contributed by atoms with van der Waals surface area (Å²) in [7, 11) is 0. The molecule has 0 aliphatic heterocycles. The second kappa shape index (κ2) is 6.15. The van der Waals surface area contributed by atoms with Crippen molar-refractivity contribution in [1.29, 1.82) is 0 Å². The molecule has 2 N–H and O–H groups in total. The number of aliphatic hydroxyl groups excluding tert-OH is 1. The van der Waals surface area contributed by atoms with E-state index >= 15 is 0 Å². The van der Waals surface area contributed by atoms with Crippen LogP contribution in [0.4, 0.5) is 0 Å². The Morgan fingerprint density at radius 3 is 2.79 bits per heavy atom. The Balaban J connectivity index is 1.93.